The molecule has 0 unspecified atom stereocenters. The third-order valence-electron chi connectivity index (χ3n) is 0.792. The van der Waals surface area contributed by atoms with Crippen LogP contribution in [0.3, 0.4) is 0 Å². The first-order valence-electron chi connectivity index (χ1n) is 2.05. The molecule has 0 aromatic heterocycles. The van der Waals surface area contributed by atoms with Crippen LogP contribution in [0.25, 0.3) is 0 Å². The second-order valence-electron chi connectivity index (χ2n) is 1.29. The number of nitrogens with zero attached hydrogens (tertiary/aromatic N) is 1. The van der Waals surface area contributed by atoms with Gasteiger partial charge in [-0.2, -0.15) is 5.26 Å². The Morgan fingerprint density at radius 1 is 1.62 bits per heavy atom. The van der Waals surface area contributed by atoms with E-state index >= 15 is 0 Å². The topological polar surface area (TPSA) is 23.8 Å². The quantitative estimate of drug-likeness (QED) is 0.411. The Morgan fingerprint density at radius 2 is 2.38 bits per heavy atom. The Bertz CT molecular complexity index is 166. The molecule has 1 heterocycles. The minimum atomic E-state index is 0. The van der Waals surface area contributed by atoms with Crippen LogP contribution in [-0.2, 0) is 0 Å². The van der Waals surface area contributed by atoms with Gasteiger partial charge in [-0.3, -0.25) is 0 Å². The average Bonchev–Trinajstić information content (AvgIpc) is 2.14. The molecular weight excluding hydrogens is 108 g/mol. The number of hydrogen-bond donors (Lipinski definition) is 0. The van der Waals surface area contributed by atoms with Gasteiger partial charge < -0.3 is 0 Å². The third-order valence-corrected chi connectivity index (χ3v) is 0.792. The molecule has 3 heteroatoms. The zero-order valence-electron chi connectivity index (χ0n) is 4.76. The van der Waals surface area contributed by atoms with Crippen molar-refractivity contribution >= 4 is 36.8 Å². The Balaban J connectivity index is 0.000000490. The smallest absolute Gasteiger partial charge is 0.194 e. The van der Waals surface area contributed by atoms with Crippen molar-refractivity contribution in [3.8, 4) is 6.07 Å². The van der Waals surface area contributed by atoms with E-state index in [2.05, 4.69) is 0 Å². The zero-order chi connectivity index (χ0) is 5.11. The predicted molar refractivity (Wildman–Crippen MR) is 34.3 cm³/mol. The maximum atomic E-state index is 8.18. The molecule has 1 aliphatic rings. The summed E-state index contributed by atoms with van der Waals surface area (Å²) >= 11 is 0. The normalized spacial score (nSPS) is 13.1. The van der Waals surface area contributed by atoms with Gasteiger partial charge in [0, 0.05) is 29.6 Å². The molecule has 0 fully saturated rings. The minimum Gasteiger partial charge on any atom is -0.194 e. The van der Waals surface area contributed by atoms with Crippen LogP contribution in [0.1, 0.15) is 0 Å². The first kappa shape index (κ1) is 8.03. The molecule has 1 nitrogen and oxygen atoms in total. The summed E-state index contributed by atoms with van der Waals surface area (Å²) in [5.74, 6) is 1.85. The minimum absolute atomic E-state index is 0. The van der Waals surface area contributed by atoms with E-state index in [-0.39, 0.29) is 29.6 Å². The maximum absolute atomic E-state index is 8.18. The van der Waals surface area contributed by atoms with Crippen molar-refractivity contribution in [2.24, 2.45) is 0 Å². The van der Waals surface area contributed by atoms with E-state index in [1.165, 1.54) is 0 Å². The summed E-state index contributed by atoms with van der Waals surface area (Å²) in [6.07, 6.45) is 3.62. The molecule has 8 heavy (non-hydrogen) atoms. The second kappa shape index (κ2) is 3.97. The van der Waals surface area contributed by atoms with Gasteiger partial charge in [-0.25, -0.2) is 0 Å². The molecule has 1 rings (SSSR count). The fourth-order valence-corrected chi connectivity index (χ4v) is 0.449. The summed E-state index contributed by atoms with van der Waals surface area (Å²) in [5.41, 5.74) is 0.736. The molecule has 32 valence electrons. The largest absolute Gasteiger partial charge is 0.195 e. The number of rotatable bonds is 0. The zero-order valence-corrected chi connectivity index (χ0v) is 6.76. The van der Waals surface area contributed by atoms with Crippen molar-refractivity contribution in [2.75, 3.05) is 0 Å². The van der Waals surface area contributed by atoms with Crippen molar-refractivity contribution < 1.29 is 0 Å². The molecule has 0 saturated carbocycles. The van der Waals surface area contributed by atoms with Crippen molar-refractivity contribution in [2.45, 2.75) is 0 Å². The summed E-state index contributed by atoms with van der Waals surface area (Å²) in [5, 5.41) is 8.18. The summed E-state index contributed by atoms with van der Waals surface area (Å²) in [7, 11) is 1.78. The van der Waals surface area contributed by atoms with Gasteiger partial charge in [0.25, 0.3) is 0 Å². The van der Waals surface area contributed by atoms with Crippen molar-refractivity contribution in [3.63, 3.8) is 0 Å². The van der Waals surface area contributed by atoms with Gasteiger partial charge in [0.15, 0.2) is 7.28 Å². The van der Waals surface area contributed by atoms with Crippen molar-refractivity contribution in [1.29, 1.82) is 5.26 Å². The number of nitriles is 1. The fourth-order valence-electron chi connectivity index (χ4n) is 0.449. The molecule has 1 aliphatic heterocycles. The molecule has 0 aromatic rings. The molecule has 0 saturated heterocycles. The molecule has 0 atom stereocenters. The van der Waals surface area contributed by atoms with Crippen molar-refractivity contribution in [3.05, 3.63) is 23.6 Å². The summed E-state index contributed by atoms with van der Waals surface area (Å²) < 4.78 is 0. The van der Waals surface area contributed by atoms with E-state index in [9.17, 15) is 0 Å². The monoisotopic (exact) mass is 111 g/mol. The molecule has 0 bridgehead atoms. The van der Waals surface area contributed by atoms with Crippen LogP contribution in [0.15, 0.2) is 23.6 Å². The Labute approximate surface area is 71.6 Å². The average molecular weight is 111 g/mol. The molecule has 0 N–H and O–H groups in total. The van der Waals surface area contributed by atoms with Gasteiger partial charge in [-0.1, -0.05) is 12.2 Å². The van der Waals surface area contributed by atoms with E-state index in [0.29, 0.717) is 0 Å². The first-order valence-corrected chi connectivity index (χ1v) is 2.05. The number of allylic oxidation sites excluding steroid dienone is 3. The standard InChI is InChI=1S/C5H3BN.Na/c7-4-5-2-1-3-6-5;/h1-3H;. The summed E-state index contributed by atoms with van der Waals surface area (Å²) in [4.78, 5) is 0. The fraction of sp³-hybridized carbons (Fsp3) is 0. The molecule has 2 radical (unpaired) electrons. The van der Waals surface area contributed by atoms with Crippen LogP contribution in [0.5, 0.6) is 0 Å². The van der Waals surface area contributed by atoms with Crippen LogP contribution >= 0.6 is 0 Å². The van der Waals surface area contributed by atoms with Gasteiger partial charge in [0.05, 0.1) is 6.07 Å². The molecular formula is C5H3BNNa. The van der Waals surface area contributed by atoms with Gasteiger partial charge >= 0.3 is 0 Å². The van der Waals surface area contributed by atoms with Crippen LogP contribution in [0.4, 0.5) is 0 Å². The van der Waals surface area contributed by atoms with Gasteiger partial charge in [-0.05, 0) is 5.47 Å². The van der Waals surface area contributed by atoms with Gasteiger partial charge in [-0.15, -0.1) is 5.98 Å². The van der Waals surface area contributed by atoms with E-state index < -0.39 is 0 Å². The van der Waals surface area contributed by atoms with Crippen LogP contribution < -0.4 is 0 Å². The second-order valence-corrected chi connectivity index (χ2v) is 1.29. The molecule has 0 spiro atoms. The molecule has 0 amide bonds. The summed E-state index contributed by atoms with van der Waals surface area (Å²) in [6, 6.07) is 2.01. The third kappa shape index (κ3) is 1.87. The Morgan fingerprint density at radius 3 is 2.62 bits per heavy atom. The van der Waals surface area contributed by atoms with E-state index in [4.69, 9.17) is 5.26 Å². The van der Waals surface area contributed by atoms with Crippen LogP contribution in [0, 0.1) is 11.3 Å². The SMILES string of the molecule is N#CC1=CC=C[B]1.[Na]. The van der Waals surface area contributed by atoms with E-state index in [1.54, 1.807) is 13.4 Å². The van der Waals surface area contributed by atoms with Crippen molar-refractivity contribution in [1.82, 2.24) is 0 Å². The van der Waals surface area contributed by atoms with Crippen LogP contribution in [0.2, 0.25) is 0 Å². The first-order chi connectivity index (χ1) is 3.43. The predicted octanol–water partition coefficient (Wildman–Crippen LogP) is 0.245. The summed E-state index contributed by atoms with van der Waals surface area (Å²) in [6.45, 7) is 0. The van der Waals surface area contributed by atoms with Crippen LogP contribution in [-0.4, -0.2) is 36.8 Å². The Kier molecular flexibility index (Phi) is 3.99. The van der Waals surface area contributed by atoms with E-state index in [0.717, 1.165) is 5.47 Å². The molecule has 0 aromatic carbocycles. The van der Waals surface area contributed by atoms with E-state index in [1.807, 2.05) is 18.1 Å². The number of hydrogen-bond acceptors (Lipinski definition) is 1. The molecule has 0 aliphatic carbocycles. The Hall–Kier alpha value is 0.0349. The van der Waals surface area contributed by atoms with Gasteiger partial charge in [0.2, 0.25) is 0 Å². The maximum Gasteiger partial charge on any atom is 0.195 e. The van der Waals surface area contributed by atoms with Gasteiger partial charge in [0.1, 0.15) is 0 Å².